The lowest BCUT2D eigenvalue weighted by Gasteiger charge is -2.16. The Morgan fingerprint density at radius 1 is 1.41 bits per heavy atom. The fraction of sp³-hybridized carbons (Fsp3) is 0.462. The number of amides is 1. The molecular weight excluding hydrogens is 330 g/mol. The summed E-state index contributed by atoms with van der Waals surface area (Å²) in [6.45, 7) is 1.78. The van der Waals surface area contributed by atoms with Gasteiger partial charge in [-0.2, -0.15) is 0 Å². The van der Waals surface area contributed by atoms with Gasteiger partial charge in [0.1, 0.15) is 6.04 Å². The first kappa shape index (κ1) is 20.8. The minimum Gasteiger partial charge on any atom is -0.383 e. The summed E-state index contributed by atoms with van der Waals surface area (Å²) in [6, 6.07) is 3.86. The Kier molecular flexibility index (Phi) is 7.99. The zero-order valence-corrected chi connectivity index (χ0v) is 14.6. The molecule has 0 aromatic heterocycles. The summed E-state index contributed by atoms with van der Waals surface area (Å²) in [7, 11) is 0.781. The van der Waals surface area contributed by atoms with Gasteiger partial charge in [-0.05, 0) is 24.6 Å². The molecule has 3 N–H and O–H groups in total. The number of benzene rings is 1. The zero-order chi connectivity index (χ0) is 16.2. The van der Waals surface area contributed by atoms with E-state index in [0.717, 1.165) is 4.31 Å². The van der Waals surface area contributed by atoms with Gasteiger partial charge in [-0.1, -0.05) is 6.07 Å². The van der Waals surface area contributed by atoms with Crippen LogP contribution in [0.5, 0.6) is 0 Å². The molecule has 126 valence electrons. The summed E-state index contributed by atoms with van der Waals surface area (Å²) in [5.41, 5.74) is 6.59. The van der Waals surface area contributed by atoms with Gasteiger partial charge in [0.15, 0.2) is 0 Å². The van der Waals surface area contributed by atoms with Gasteiger partial charge in [-0.3, -0.25) is 4.79 Å². The van der Waals surface area contributed by atoms with Gasteiger partial charge in [0.05, 0.1) is 11.5 Å². The Bertz CT molecular complexity index is 620. The molecule has 0 bridgehead atoms. The zero-order valence-electron chi connectivity index (χ0n) is 13.0. The summed E-state index contributed by atoms with van der Waals surface area (Å²) < 4.78 is 30.3. The fourth-order valence-electron chi connectivity index (χ4n) is 1.64. The highest BCUT2D eigenvalue weighted by molar-refractivity contribution is 7.89. The van der Waals surface area contributed by atoms with E-state index in [-0.39, 0.29) is 23.9 Å². The molecule has 0 saturated carbocycles. The van der Waals surface area contributed by atoms with Crippen molar-refractivity contribution < 1.29 is 17.9 Å². The second-order valence-electron chi connectivity index (χ2n) is 4.82. The first-order valence-electron chi connectivity index (χ1n) is 6.28. The van der Waals surface area contributed by atoms with E-state index in [0.29, 0.717) is 11.3 Å². The lowest BCUT2D eigenvalue weighted by molar-refractivity contribution is -0.118. The largest absolute Gasteiger partial charge is 0.383 e. The maximum atomic E-state index is 12.2. The van der Waals surface area contributed by atoms with E-state index in [1.165, 1.54) is 27.3 Å². The van der Waals surface area contributed by atoms with Crippen LogP contribution in [0.4, 0.5) is 5.69 Å². The van der Waals surface area contributed by atoms with E-state index in [4.69, 9.17) is 10.5 Å². The number of halogens is 1. The highest BCUT2D eigenvalue weighted by atomic mass is 35.5. The Balaban J connectivity index is 0.00000441. The number of nitrogens with one attached hydrogen (secondary N) is 1. The van der Waals surface area contributed by atoms with Crippen LogP contribution in [0.25, 0.3) is 0 Å². The van der Waals surface area contributed by atoms with Crippen molar-refractivity contribution in [2.75, 3.05) is 33.1 Å². The van der Waals surface area contributed by atoms with Gasteiger partial charge in [0, 0.05) is 26.9 Å². The maximum absolute atomic E-state index is 12.2. The normalized spacial score (nSPS) is 12.6. The van der Waals surface area contributed by atoms with Gasteiger partial charge in [0.25, 0.3) is 0 Å². The van der Waals surface area contributed by atoms with E-state index in [9.17, 15) is 13.2 Å². The van der Waals surface area contributed by atoms with Crippen LogP contribution in [0.15, 0.2) is 23.1 Å². The number of aryl methyl sites for hydroxylation is 1. The summed E-state index contributed by atoms with van der Waals surface area (Å²) in [4.78, 5) is 12.0. The molecule has 0 fully saturated rings. The molecule has 0 aliphatic rings. The Labute approximate surface area is 137 Å². The SMILES string of the molecule is COCC(N)C(=O)Nc1ccc(C)c(S(=O)(=O)N(C)C)c1.Cl. The molecule has 0 spiro atoms. The van der Waals surface area contributed by atoms with Crippen LogP contribution in [0, 0.1) is 6.92 Å². The number of anilines is 1. The third kappa shape index (κ3) is 4.92. The highest BCUT2D eigenvalue weighted by Gasteiger charge is 2.21. The summed E-state index contributed by atoms with van der Waals surface area (Å²) in [5.74, 6) is -0.436. The molecule has 1 atom stereocenters. The Hall–Kier alpha value is -1.19. The van der Waals surface area contributed by atoms with E-state index < -0.39 is 22.0 Å². The van der Waals surface area contributed by atoms with Crippen molar-refractivity contribution in [1.29, 1.82) is 0 Å². The second-order valence-corrected chi connectivity index (χ2v) is 6.94. The van der Waals surface area contributed by atoms with Crippen LogP contribution in [0.2, 0.25) is 0 Å². The van der Waals surface area contributed by atoms with Crippen LogP contribution in [0.3, 0.4) is 0 Å². The number of sulfonamides is 1. The molecule has 1 aromatic carbocycles. The van der Waals surface area contributed by atoms with Crippen molar-refractivity contribution in [2.24, 2.45) is 5.73 Å². The number of carbonyl (C=O) groups excluding carboxylic acids is 1. The Morgan fingerprint density at radius 2 is 2.00 bits per heavy atom. The van der Waals surface area contributed by atoms with Crippen LogP contribution >= 0.6 is 12.4 Å². The van der Waals surface area contributed by atoms with E-state index >= 15 is 0 Å². The molecule has 22 heavy (non-hydrogen) atoms. The number of methoxy groups -OCH3 is 1. The molecule has 1 unspecified atom stereocenters. The van der Waals surface area contributed by atoms with Crippen molar-refractivity contribution in [3.8, 4) is 0 Å². The summed E-state index contributed by atoms with van der Waals surface area (Å²) in [6.07, 6.45) is 0. The Morgan fingerprint density at radius 3 is 2.50 bits per heavy atom. The fourth-order valence-corrected chi connectivity index (χ4v) is 2.79. The second kappa shape index (κ2) is 8.44. The number of carbonyl (C=O) groups is 1. The first-order chi connectivity index (χ1) is 9.70. The number of hydrogen-bond acceptors (Lipinski definition) is 5. The minimum absolute atomic E-state index is 0. The molecule has 0 radical (unpaired) electrons. The topological polar surface area (TPSA) is 102 Å². The van der Waals surface area contributed by atoms with Gasteiger partial charge < -0.3 is 15.8 Å². The smallest absolute Gasteiger partial charge is 0.243 e. The molecule has 0 heterocycles. The lowest BCUT2D eigenvalue weighted by Crippen LogP contribution is -2.39. The predicted octanol–water partition coefficient (Wildman–Crippen LogP) is 0.579. The van der Waals surface area contributed by atoms with Crippen molar-refractivity contribution in [2.45, 2.75) is 17.9 Å². The standard InChI is InChI=1S/C13H21N3O4S.ClH/c1-9-5-6-10(15-13(17)11(14)8-20-4)7-12(9)21(18,19)16(2)3;/h5-7,11H,8,14H2,1-4H3,(H,15,17);1H. The highest BCUT2D eigenvalue weighted by Crippen LogP contribution is 2.22. The molecule has 7 nitrogen and oxygen atoms in total. The van der Waals surface area contributed by atoms with E-state index in [1.807, 2.05) is 0 Å². The first-order valence-corrected chi connectivity index (χ1v) is 7.72. The quantitative estimate of drug-likeness (QED) is 0.780. The van der Waals surface area contributed by atoms with Crippen LogP contribution in [0.1, 0.15) is 5.56 Å². The molecule has 1 rings (SSSR count). The molecule has 0 aliphatic carbocycles. The van der Waals surface area contributed by atoms with Gasteiger partial charge in [-0.15, -0.1) is 12.4 Å². The predicted molar refractivity (Wildman–Crippen MR) is 87.8 cm³/mol. The van der Waals surface area contributed by atoms with E-state index in [2.05, 4.69) is 5.32 Å². The van der Waals surface area contributed by atoms with Crippen LogP contribution in [-0.4, -0.2) is 52.5 Å². The molecule has 9 heteroatoms. The van der Waals surface area contributed by atoms with Gasteiger partial charge in [0.2, 0.25) is 15.9 Å². The number of ether oxygens (including phenoxy) is 1. The van der Waals surface area contributed by atoms with Gasteiger partial charge >= 0.3 is 0 Å². The molecule has 0 saturated heterocycles. The molecule has 1 amide bonds. The molecule has 1 aromatic rings. The minimum atomic E-state index is -3.57. The summed E-state index contributed by atoms with van der Waals surface area (Å²) in [5, 5.41) is 2.58. The average molecular weight is 352 g/mol. The van der Waals surface area contributed by atoms with E-state index in [1.54, 1.807) is 19.1 Å². The average Bonchev–Trinajstić information content (AvgIpc) is 2.40. The number of nitrogens with zero attached hydrogens (tertiary/aromatic N) is 1. The number of rotatable bonds is 6. The van der Waals surface area contributed by atoms with Crippen molar-refractivity contribution in [3.05, 3.63) is 23.8 Å². The van der Waals surface area contributed by atoms with Crippen LogP contribution in [-0.2, 0) is 19.6 Å². The van der Waals surface area contributed by atoms with Crippen molar-refractivity contribution in [1.82, 2.24) is 4.31 Å². The van der Waals surface area contributed by atoms with Crippen molar-refractivity contribution >= 4 is 34.0 Å². The van der Waals surface area contributed by atoms with Crippen molar-refractivity contribution in [3.63, 3.8) is 0 Å². The monoisotopic (exact) mass is 351 g/mol. The third-order valence-electron chi connectivity index (χ3n) is 2.90. The number of hydrogen-bond donors (Lipinski definition) is 2. The van der Waals surface area contributed by atoms with Crippen LogP contribution < -0.4 is 11.1 Å². The lowest BCUT2D eigenvalue weighted by atomic mass is 10.2. The molecular formula is C13H22ClN3O4S. The number of nitrogens with two attached hydrogens (primary N) is 1. The summed E-state index contributed by atoms with van der Waals surface area (Å²) >= 11 is 0. The van der Waals surface area contributed by atoms with Gasteiger partial charge in [-0.25, -0.2) is 12.7 Å². The molecule has 0 aliphatic heterocycles. The third-order valence-corrected chi connectivity index (χ3v) is 4.85. The maximum Gasteiger partial charge on any atom is 0.243 e.